The van der Waals surface area contributed by atoms with Crippen LogP contribution in [0.4, 0.5) is 5.69 Å². The molecule has 0 saturated carbocycles. The molecule has 0 spiro atoms. The van der Waals surface area contributed by atoms with Crippen molar-refractivity contribution in [3.05, 3.63) is 65.7 Å². The van der Waals surface area contributed by atoms with Crippen molar-refractivity contribution in [2.24, 2.45) is 4.99 Å². The van der Waals surface area contributed by atoms with E-state index >= 15 is 0 Å². The van der Waals surface area contributed by atoms with Crippen molar-refractivity contribution in [1.82, 2.24) is 10.6 Å². The summed E-state index contributed by atoms with van der Waals surface area (Å²) in [5.41, 5.74) is 3.50. The van der Waals surface area contributed by atoms with E-state index < -0.39 is 0 Å². The summed E-state index contributed by atoms with van der Waals surface area (Å²) in [6.45, 7) is 3.29. The Labute approximate surface area is 190 Å². The predicted molar refractivity (Wildman–Crippen MR) is 130 cm³/mol. The van der Waals surface area contributed by atoms with Gasteiger partial charge in [0, 0.05) is 50.5 Å². The van der Waals surface area contributed by atoms with Gasteiger partial charge in [-0.3, -0.25) is 4.99 Å². The summed E-state index contributed by atoms with van der Waals surface area (Å²) in [6.07, 6.45) is 4.39. The lowest BCUT2D eigenvalue weighted by atomic mass is 10.2. The van der Waals surface area contributed by atoms with Gasteiger partial charge in [-0.1, -0.05) is 24.3 Å². The average molecular weight is 508 g/mol. The Bertz CT molecular complexity index is 829. The third-order valence-electron chi connectivity index (χ3n) is 4.74. The molecule has 0 fully saturated rings. The van der Waals surface area contributed by atoms with Gasteiger partial charge < -0.3 is 25.0 Å². The summed E-state index contributed by atoms with van der Waals surface area (Å²) in [6, 6.07) is 14.4. The second-order valence-corrected chi connectivity index (χ2v) is 6.50. The van der Waals surface area contributed by atoms with Crippen molar-refractivity contribution in [3.8, 4) is 11.5 Å². The molecule has 3 rings (SSSR count). The van der Waals surface area contributed by atoms with Crippen molar-refractivity contribution >= 4 is 35.6 Å². The van der Waals surface area contributed by atoms with Gasteiger partial charge in [-0.15, -0.1) is 24.0 Å². The molecular formula is C22H29IN4O2. The molecule has 0 atom stereocenters. The molecule has 0 aromatic heterocycles. The Morgan fingerprint density at radius 2 is 1.66 bits per heavy atom. The third kappa shape index (κ3) is 6.28. The summed E-state index contributed by atoms with van der Waals surface area (Å²) >= 11 is 0. The summed E-state index contributed by atoms with van der Waals surface area (Å²) in [4.78, 5) is 6.63. The summed E-state index contributed by atoms with van der Waals surface area (Å²) in [5, 5.41) is 6.68. The number of aliphatic imine (C=N–C) groups is 1. The lowest BCUT2D eigenvalue weighted by Gasteiger charge is -2.18. The highest BCUT2D eigenvalue weighted by Gasteiger charge is 2.08. The quantitative estimate of drug-likeness (QED) is 0.259. The van der Waals surface area contributed by atoms with Gasteiger partial charge in [0.2, 0.25) is 0 Å². The van der Waals surface area contributed by atoms with Crippen LogP contribution in [-0.2, 0) is 13.1 Å². The van der Waals surface area contributed by atoms with Crippen molar-refractivity contribution in [3.63, 3.8) is 0 Å². The smallest absolute Gasteiger partial charge is 0.191 e. The van der Waals surface area contributed by atoms with Crippen LogP contribution in [-0.4, -0.2) is 40.3 Å². The number of rotatable bonds is 7. The van der Waals surface area contributed by atoms with E-state index in [-0.39, 0.29) is 24.0 Å². The second kappa shape index (κ2) is 11.5. The van der Waals surface area contributed by atoms with Gasteiger partial charge in [0.1, 0.15) is 11.5 Å². The molecule has 1 heterocycles. The molecule has 0 bridgehead atoms. The molecule has 29 heavy (non-hydrogen) atoms. The average Bonchev–Trinajstić information content (AvgIpc) is 3.29. The lowest BCUT2D eigenvalue weighted by molar-refractivity contribution is 0.390. The number of nitrogens with zero attached hydrogens (tertiary/aromatic N) is 2. The van der Waals surface area contributed by atoms with Crippen LogP contribution in [0.5, 0.6) is 11.5 Å². The number of methoxy groups -OCH3 is 2. The molecule has 2 aromatic rings. The zero-order valence-corrected chi connectivity index (χ0v) is 19.5. The topological polar surface area (TPSA) is 58.1 Å². The molecule has 7 heteroatoms. The number of hydrogen-bond acceptors (Lipinski definition) is 4. The van der Waals surface area contributed by atoms with Crippen LogP contribution in [0.3, 0.4) is 0 Å². The maximum atomic E-state index is 5.45. The van der Waals surface area contributed by atoms with Crippen LogP contribution >= 0.6 is 24.0 Å². The van der Waals surface area contributed by atoms with Gasteiger partial charge in [-0.25, -0.2) is 0 Å². The number of guanidine groups is 1. The molecule has 0 aliphatic carbocycles. The van der Waals surface area contributed by atoms with Crippen molar-refractivity contribution in [2.45, 2.75) is 13.1 Å². The molecule has 0 saturated heterocycles. The van der Waals surface area contributed by atoms with Gasteiger partial charge in [0.05, 0.1) is 14.2 Å². The zero-order valence-electron chi connectivity index (χ0n) is 17.1. The van der Waals surface area contributed by atoms with Crippen molar-refractivity contribution in [2.75, 3.05) is 39.3 Å². The first-order valence-electron chi connectivity index (χ1n) is 9.38. The molecule has 2 aromatic carbocycles. The Hall–Kier alpha value is -2.42. The largest absolute Gasteiger partial charge is 0.497 e. The van der Waals surface area contributed by atoms with E-state index in [0.29, 0.717) is 13.1 Å². The van der Waals surface area contributed by atoms with E-state index in [4.69, 9.17) is 9.47 Å². The highest BCUT2D eigenvalue weighted by Crippen LogP contribution is 2.24. The van der Waals surface area contributed by atoms with Crippen LogP contribution in [0.2, 0.25) is 0 Å². The number of hydrogen-bond donors (Lipinski definition) is 2. The van der Waals surface area contributed by atoms with E-state index in [1.165, 1.54) is 11.3 Å². The van der Waals surface area contributed by atoms with Gasteiger partial charge in [-0.2, -0.15) is 0 Å². The fraction of sp³-hybridized carbons (Fsp3) is 0.318. The molecule has 1 aliphatic rings. The fourth-order valence-electron chi connectivity index (χ4n) is 3.10. The van der Waals surface area contributed by atoms with Crippen LogP contribution in [0.15, 0.2) is 59.6 Å². The maximum Gasteiger partial charge on any atom is 0.191 e. The van der Waals surface area contributed by atoms with Crippen molar-refractivity contribution < 1.29 is 9.47 Å². The number of ether oxygens (including phenoxy) is 2. The molecule has 2 N–H and O–H groups in total. The first-order chi connectivity index (χ1) is 13.7. The molecule has 1 aliphatic heterocycles. The third-order valence-corrected chi connectivity index (χ3v) is 4.74. The van der Waals surface area contributed by atoms with Crippen LogP contribution < -0.4 is 25.0 Å². The molecule has 156 valence electrons. The molecule has 6 nitrogen and oxygen atoms in total. The fourth-order valence-corrected chi connectivity index (χ4v) is 3.10. The van der Waals surface area contributed by atoms with Crippen LogP contribution in [0.1, 0.15) is 11.1 Å². The van der Waals surface area contributed by atoms with E-state index in [1.54, 1.807) is 21.3 Å². The standard InChI is InChI=1S/C22H28N4O2.HI/c1-23-22(25-16-18-8-11-20(27-2)14-21(18)28-3)24-15-17-6-9-19(10-7-17)26-12-4-5-13-26;/h4-11,14H,12-13,15-16H2,1-3H3,(H2,23,24,25);1H. The Morgan fingerprint density at radius 1 is 0.966 bits per heavy atom. The summed E-state index contributed by atoms with van der Waals surface area (Å²) in [5.74, 6) is 2.30. The van der Waals surface area contributed by atoms with Crippen LogP contribution in [0.25, 0.3) is 0 Å². The number of halogens is 1. The minimum absolute atomic E-state index is 0. The SMILES string of the molecule is CN=C(NCc1ccc(N2CC=CC2)cc1)NCc1ccc(OC)cc1OC.I. The van der Waals surface area contributed by atoms with E-state index in [9.17, 15) is 0 Å². The summed E-state index contributed by atoms with van der Waals surface area (Å²) in [7, 11) is 5.07. The van der Waals surface area contributed by atoms with Crippen molar-refractivity contribution in [1.29, 1.82) is 0 Å². The van der Waals surface area contributed by atoms with Crippen LogP contribution in [0, 0.1) is 0 Å². The minimum Gasteiger partial charge on any atom is -0.497 e. The number of anilines is 1. The van der Waals surface area contributed by atoms with Gasteiger partial charge >= 0.3 is 0 Å². The number of nitrogens with one attached hydrogen (secondary N) is 2. The normalized spacial score (nSPS) is 13.1. The van der Waals surface area contributed by atoms with Gasteiger partial charge in [0.25, 0.3) is 0 Å². The Morgan fingerprint density at radius 3 is 2.28 bits per heavy atom. The van der Waals surface area contributed by atoms with E-state index in [1.807, 2.05) is 18.2 Å². The van der Waals surface area contributed by atoms with E-state index in [2.05, 4.69) is 56.9 Å². The second-order valence-electron chi connectivity index (χ2n) is 6.50. The molecular weight excluding hydrogens is 479 g/mol. The monoisotopic (exact) mass is 508 g/mol. The summed E-state index contributed by atoms with van der Waals surface area (Å²) < 4.78 is 10.7. The lowest BCUT2D eigenvalue weighted by Crippen LogP contribution is -2.36. The molecule has 0 unspecified atom stereocenters. The minimum atomic E-state index is 0. The number of benzene rings is 2. The molecule has 0 amide bonds. The molecule has 0 radical (unpaired) electrons. The Balaban J connectivity index is 0.00000300. The van der Waals surface area contributed by atoms with E-state index in [0.717, 1.165) is 36.1 Å². The first-order valence-corrected chi connectivity index (χ1v) is 9.38. The van der Waals surface area contributed by atoms with Gasteiger partial charge in [-0.05, 0) is 29.8 Å². The highest BCUT2D eigenvalue weighted by atomic mass is 127. The maximum absolute atomic E-state index is 5.45. The highest BCUT2D eigenvalue weighted by molar-refractivity contribution is 14.0. The Kier molecular flexibility index (Phi) is 9.11. The predicted octanol–water partition coefficient (Wildman–Crippen LogP) is 3.56. The zero-order chi connectivity index (χ0) is 19.8. The first kappa shape index (κ1) is 22.9. The van der Waals surface area contributed by atoms with Gasteiger partial charge in [0.15, 0.2) is 5.96 Å².